The van der Waals surface area contributed by atoms with Crippen LogP contribution in [0.4, 0.5) is 0 Å². The zero-order valence-electron chi connectivity index (χ0n) is 15.4. The summed E-state index contributed by atoms with van der Waals surface area (Å²) in [6, 6.07) is 11.9. The molecule has 146 valence electrons. The van der Waals surface area contributed by atoms with E-state index >= 15 is 0 Å². The van der Waals surface area contributed by atoms with E-state index in [9.17, 15) is 13.2 Å². The number of sulfone groups is 1. The minimum Gasteiger partial charge on any atom is -0.374 e. The number of fused-ring (bicyclic) bond motifs is 2. The lowest BCUT2D eigenvalue weighted by Gasteiger charge is -2.27. The zero-order valence-corrected chi connectivity index (χ0v) is 17.0. The Bertz CT molecular complexity index is 1200. The van der Waals surface area contributed by atoms with Gasteiger partial charge in [-0.05, 0) is 41.5 Å². The second kappa shape index (κ2) is 6.92. The van der Waals surface area contributed by atoms with E-state index in [1.54, 1.807) is 28.8 Å². The number of halogens is 1. The van der Waals surface area contributed by atoms with Gasteiger partial charge in [-0.1, -0.05) is 23.7 Å². The van der Waals surface area contributed by atoms with Crippen molar-refractivity contribution in [1.29, 1.82) is 0 Å². The van der Waals surface area contributed by atoms with Crippen LogP contribution in [-0.4, -0.2) is 31.8 Å². The molecular weight excluding hydrogens is 400 g/mol. The standard InChI is InChI=1S/C20H19ClN2O4S/c1-23-18-9-14(21)4-3-12(18)8-19(23)20(24)22-17-11-27-10-13-7-15(28(2,25)26)5-6-16(13)17/h3-9,17H,10-11H2,1-2H3,(H,22,24). The van der Waals surface area contributed by atoms with Gasteiger partial charge in [0.05, 0.1) is 24.2 Å². The normalized spacial score (nSPS) is 16.8. The number of rotatable bonds is 3. The van der Waals surface area contributed by atoms with Crippen LogP contribution in [0.15, 0.2) is 47.4 Å². The molecule has 0 saturated heterocycles. The first kappa shape index (κ1) is 19.0. The van der Waals surface area contributed by atoms with E-state index in [-0.39, 0.29) is 16.8 Å². The first-order valence-electron chi connectivity index (χ1n) is 8.70. The molecule has 0 radical (unpaired) electrons. The van der Waals surface area contributed by atoms with Gasteiger partial charge in [0.15, 0.2) is 9.84 Å². The monoisotopic (exact) mass is 418 g/mol. The third kappa shape index (κ3) is 3.41. The molecule has 2 heterocycles. The van der Waals surface area contributed by atoms with Gasteiger partial charge in [0, 0.05) is 29.2 Å². The maximum Gasteiger partial charge on any atom is 0.268 e. The van der Waals surface area contributed by atoms with E-state index in [4.69, 9.17) is 16.3 Å². The number of nitrogens with zero attached hydrogens (tertiary/aromatic N) is 1. The highest BCUT2D eigenvalue weighted by Gasteiger charge is 2.25. The molecule has 2 aromatic carbocycles. The summed E-state index contributed by atoms with van der Waals surface area (Å²) in [6.45, 7) is 0.643. The average Bonchev–Trinajstić information content (AvgIpc) is 2.97. The molecular formula is C20H19ClN2O4S. The Morgan fingerprint density at radius 1 is 1.21 bits per heavy atom. The first-order valence-corrected chi connectivity index (χ1v) is 11.0. The topological polar surface area (TPSA) is 77.4 Å². The Hall–Kier alpha value is -2.35. The summed E-state index contributed by atoms with van der Waals surface area (Å²) < 4.78 is 31.0. The second-order valence-electron chi connectivity index (χ2n) is 6.97. The predicted molar refractivity (Wildman–Crippen MR) is 107 cm³/mol. The Labute approximate surface area is 168 Å². The van der Waals surface area contributed by atoms with Crippen LogP contribution in [0.25, 0.3) is 10.9 Å². The van der Waals surface area contributed by atoms with Crippen LogP contribution < -0.4 is 5.32 Å². The van der Waals surface area contributed by atoms with Gasteiger partial charge in [0.1, 0.15) is 5.69 Å². The molecule has 28 heavy (non-hydrogen) atoms. The molecule has 3 aromatic rings. The molecule has 0 fully saturated rings. The number of benzene rings is 2. The number of hydrogen-bond donors (Lipinski definition) is 1. The molecule has 1 N–H and O–H groups in total. The van der Waals surface area contributed by atoms with Crippen LogP contribution in [0.3, 0.4) is 0 Å². The third-order valence-corrected chi connectivity index (χ3v) is 6.35. The third-order valence-electron chi connectivity index (χ3n) is 5.01. The smallest absolute Gasteiger partial charge is 0.268 e. The van der Waals surface area contributed by atoms with Gasteiger partial charge in [-0.25, -0.2) is 8.42 Å². The Morgan fingerprint density at radius 2 is 2.00 bits per heavy atom. The van der Waals surface area contributed by atoms with Crippen LogP contribution in [0.5, 0.6) is 0 Å². The first-order chi connectivity index (χ1) is 13.2. The van der Waals surface area contributed by atoms with Crippen LogP contribution in [0.1, 0.15) is 27.7 Å². The van der Waals surface area contributed by atoms with Crippen LogP contribution in [-0.2, 0) is 28.2 Å². The summed E-state index contributed by atoms with van der Waals surface area (Å²) in [4.78, 5) is 13.2. The lowest BCUT2D eigenvalue weighted by atomic mass is 9.99. The van der Waals surface area contributed by atoms with Crippen molar-refractivity contribution in [2.45, 2.75) is 17.5 Å². The number of aryl methyl sites for hydroxylation is 1. The molecule has 4 rings (SSSR count). The molecule has 1 aliphatic heterocycles. The lowest BCUT2D eigenvalue weighted by molar-refractivity contribution is 0.0703. The van der Waals surface area contributed by atoms with Crippen molar-refractivity contribution in [3.63, 3.8) is 0 Å². The summed E-state index contributed by atoms with van der Waals surface area (Å²) in [5, 5.41) is 4.53. The molecule has 8 heteroatoms. The quantitative estimate of drug-likeness (QED) is 0.708. The largest absolute Gasteiger partial charge is 0.374 e. The molecule has 1 aromatic heterocycles. The van der Waals surface area contributed by atoms with E-state index in [0.717, 1.165) is 22.0 Å². The molecule has 1 amide bonds. The van der Waals surface area contributed by atoms with Gasteiger partial charge in [-0.3, -0.25) is 4.79 Å². The van der Waals surface area contributed by atoms with E-state index in [1.807, 2.05) is 25.2 Å². The van der Waals surface area contributed by atoms with Crippen LogP contribution in [0.2, 0.25) is 5.02 Å². The SMILES string of the molecule is Cn1c(C(=O)NC2COCc3cc(S(C)(=O)=O)ccc32)cc2ccc(Cl)cc21. The van der Waals surface area contributed by atoms with Crippen molar-refractivity contribution in [3.8, 4) is 0 Å². The summed E-state index contributed by atoms with van der Waals surface area (Å²) in [6.07, 6.45) is 1.17. The summed E-state index contributed by atoms with van der Waals surface area (Å²) in [5.41, 5.74) is 3.02. The van der Waals surface area contributed by atoms with E-state index < -0.39 is 9.84 Å². The molecule has 1 aliphatic rings. The van der Waals surface area contributed by atoms with Crippen molar-refractivity contribution >= 4 is 38.2 Å². The van der Waals surface area contributed by atoms with E-state index in [0.29, 0.717) is 23.9 Å². The van der Waals surface area contributed by atoms with Crippen LogP contribution >= 0.6 is 11.6 Å². The number of carbonyl (C=O) groups excluding carboxylic acids is 1. The fourth-order valence-corrected chi connectivity index (χ4v) is 4.36. The molecule has 1 atom stereocenters. The maximum absolute atomic E-state index is 12.9. The average molecular weight is 419 g/mol. The van der Waals surface area contributed by atoms with Gasteiger partial charge in [-0.2, -0.15) is 0 Å². The maximum atomic E-state index is 12.9. The number of hydrogen-bond acceptors (Lipinski definition) is 4. The van der Waals surface area contributed by atoms with E-state index in [2.05, 4.69) is 5.32 Å². The van der Waals surface area contributed by atoms with Crippen molar-refractivity contribution in [2.75, 3.05) is 12.9 Å². The predicted octanol–water partition coefficient (Wildman–Crippen LogP) is 3.24. The van der Waals surface area contributed by atoms with Gasteiger partial charge >= 0.3 is 0 Å². The van der Waals surface area contributed by atoms with Crippen molar-refractivity contribution < 1.29 is 17.9 Å². The van der Waals surface area contributed by atoms with Gasteiger partial charge < -0.3 is 14.6 Å². The minimum absolute atomic E-state index is 0.233. The lowest BCUT2D eigenvalue weighted by Crippen LogP contribution is -2.35. The van der Waals surface area contributed by atoms with Gasteiger partial charge in [-0.15, -0.1) is 0 Å². The fraction of sp³-hybridized carbons (Fsp3) is 0.250. The highest BCUT2D eigenvalue weighted by atomic mass is 35.5. The highest BCUT2D eigenvalue weighted by molar-refractivity contribution is 7.90. The molecule has 6 nitrogen and oxygen atoms in total. The Kier molecular flexibility index (Phi) is 4.69. The van der Waals surface area contributed by atoms with Crippen LogP contribution in [0, 0.1) is 0 Å². The van der Waals surface area contributed by atoms with Crippen molar-refractivity contribution in [2.24, 2.45) is 7.05 Å². The van der Waals surface area contributed by atoms with E-state index in [1.165, 1.54) is 6.26 Å². The molecule has 0 bridgehead atoms. The fourth-order valence-electron chi connectivity index (χ4n) is 3.53. The molecule has 1 unspecified atom stereocenters. The Morgan fingerprint density at radius 3 is 2.75 bits per heavy atom. The summed E-state index contributed by atoms with van der Waals surface area (Å²) in [7, 11) is -1.48. The Balaban J connectivity index is 1.64. The highest BCUT2D eigenvalue weighted by Crippen LogP contribution is 2.28. The number of aromatic nitrogens is 1. The number of amides is 1. The minimum atomic E-state index is -3.30. The zero-order chi connectivity index (χ0) is 20.1. The number of ether oxygens (including phenoxy) is 1. The van der Waals surface area contributed by atoms with Crippen molar-refractivity contribution in [3.05, 3.63) is 64.3 Å². The van der Waals surface area contributed by atoms with Gasteiger partial charge in [0.2, 0.25) is 0 Å². The summed E-state index contributed by atoms with van der Waals surface area (Å²) >= 11 is 6.06. The molecule has 0 saturated carbocycles. The number of carbonyl (C=O) groups is 1. The second-order valence-corrected chi connectivity index (χ2v) is 9.42. The van der Waals surface area contributed by atoms with Gasteiger partial charge in [0.25, 0.3) is 5.91 Å². The van der Waals surface area contributed by atoms with Crippen molar-refractivity contribution in [1.82, 2.24) is 9.88 Å². The molecule has 0 spiro atoms. The summed E-state index contributed by atoms with van der Waals surface area (Å²) in [5.74, 6) is -0.233. The number of nitrogens with one attached hydrogen (secondary N) is 1. The molecule has 0 aliphatic carbocycles.